The van der Waals surface area contributed by atoms with Gasteiger partial charge in [-0.15, -0.1) is 0 Å². The molecule has 39 heavy (non-hydrogen) atoms. The third-order valence-corrected chi connectivity index (χ3v) is 7.79. The van der Waals surface area contributed by atoms with Crippen LogP contribution in [-0.4, -0.2) is 76.9 Å². The number of β-amino-alcohol motifs (C(OH)–C–C–N with tert-alkyl or cyclic N) is 1. The number of para-hydroxylation sites is 1. The molecule has 2 fully saturated rings. The van der Waals surface area contributed by atoms with Gasteiger partial charge in [-0.2, -0.15) is 0 Å². The van der Waals surface area contributed by atoms with E-state index in [0.29, 0.717) is 72.8 Å². The zero-order valence-corrected chi connectivity index (χ0v) is 22.3. The number of piperazine rings is 1. The van der Waals surface area contributed by atoms with E-state index in [1.165, 1.54) is 6.20 Å². The first kappa shape index (κ1) is 27.1. The molecule has 2 aromatic heterocycles. The Kier molecular flexibility index (Phi) is 8.44. The number of nitrogens with zero attached hydrogens (tertiary/aromatic N) is 3. The number of aliphatic hydroxyl groups is 1. The van der Waals surface area contributed by atoms with Crippen molar-refractivity contribution in [2.75, 3.05) is 50.0 Å². The zero-order valence-electron chi connectivity index (χ0n) is 21.6. The van der Waals surface area contributed by atoms with E-state index in [-0.39, 0.29) is 36.0 Å². The third kappa shape index (κ3) is 6.24. The van der Waals surface area contributed by atoms with Crippen LogP contribution in [0.4, 0.5) is 11.5 Å². The van der Waals surface area contributed by atoms with Crippen molar-refractivity contribution < 1.29 is 23.9 Å². The van der Waals surface area contributed by atoms with E-state index in [0.717, 1.165) is 13.1 Å². The second kappa shape index (κ2) is 12.1. The van der Waals surface area contributed by atoms with Crippen molar-refractivity contribution in [3.8, 4) is 0 Å². The van der Waals surface area contributed by atoms with E-state index in [9.17, 15) is 14.4 Å². The highest BCUT2D eigenvalue weighted by Gasteiger charge is 2.34. The van der Waals surface area contributed by atoms with Crippen molar-refractivity contribution >= 4 is 51.8 Å². The largest absolute Gasteiger partial charge is 0.449 e. The van der Waals surface area contributed by atoms with E-state index in [1.54, 1.807) is 30.3 Å². The van der Waals surface area contributed by atoms with Gasteiger partial charge in [0.2, 0.25) is 17.6 Å². The first-order chi connectivity index (χ1) is 18.9. The summed E-state index contributed by atoms with van der Waals surface area (Å²) in [6, 6.07) is 10.3. The van der Waals surface area contributed by atoms with E-state index >= 15 is 0 Å². The van der Waals surface area contributed by atoms with Gasteiger partial charge in [0.05, 0.1) is 11.6 Å². The van der Waals surface area contributed by atoms with Gasteiger partial charge in [0.15, 0.2) is 0 Å². The van der Waals surface area contributed by atoms with Gasteiger partial charge < -0.3 is 25.1 Å². The molecule has 1 saturated carbocycles. The van der Waals surface area contributed by atoms with Crippen LogP contribution in [0.2, 0.25) is 5.02 Å². The van der Waals surface area contributed by atoms with Gasteiger partial charge in [-0.05, 0) is 49.9 Å². The first-order valence-electron chi connectivity index (χ1n) is 13.3. The van der Waals surface area contributed by atoms with Crippen LogP contribution in [0.25, 0.3) is 11.0 Å². The number of amides is 3. The second-order valence-electron chi connectivity index (χ2n) is 10.0. The van der Waals surface area contributed by atoms with Crippen molar-refractivity contribution in [3.05, 3.63) is 53.4 Å². The molecule has 0 atom stereocenters. The van der Waals surface area contributed by atoms with Crippen LogP contribution in [0, 0.1) is 11.8 Å². The summed E-state index contributed by atoms with van der Waals surface area (Å²) < 4.78 is 5.84. The average molecular weight is 554 g/mol. The van der Waals surface area contributed by atoms with Crippen molar-refractivity contribution in [3.63, 3.8) is 0 Å². The van der Waals surface area contributed by atoms with Gasteiger partial charge in [-0.1, -0.05) is 23.7 Å². The molecule has 11 heteroatoms. The lowest BCUT2D eigenvalue weighted by atomic mass is 9.80. The number of anilines is 2. The molecular formula is C28H32ClN5O5. The third-order valence-electron chi connectivity index (χ3n) is 7.57. The highest BCUT2D eigenvalue weighted by molar-refractivity contribution is 6.30. The first-order valence-corrected chi connectivity index (χ1v) is 13.7. The fourth-order valence-electron chi connectivity index (χ4n) is 5.37. The Labute approximate surface area is 231 Å². The Bertz CT molecular complexity index is 1330. The summed E-state index contributed by atoms with van der Waals surface area (Å²) in [4.78, 5) is 47.6. The van der Waals surface area contributed by atoms with Crippen molar-refractivity contribution in [2.24, 2.45) is 11.8 Å². The highest BCUT2D eigenvalue weighted by Crippen LogP contribution is 2.35. The average Bonchev–Trinajstić information content (AvgIpc) is 3.33. The zero-order chi connectivity index (χ0) is 27.4. The predicted octanol–water partition coefficient (Wildman–Crippen LogP) is 3.61. The number of carbonyl (C=O) groups excluding carboxylic acids is 3. The normalized spacial score (nSPS) is 20.1. The molecule has 10 nitrogen and oxygen atoms in total. The van der Waals surface area contributed by atoms with E-state index in [1.807, 2.05) is 11.0 Å². The topological polar surface area (TPSA) is 128 Å². The Morgan fingerprint density at radius 3 is 2.38 bits per heavy atom. The van der Waals surface area contributed by atoms with Gasteiger partial charge in [0.1, 0.15) is 17.1 Å². The number of halogens is 1. The number of pyridine rings is 1. The number of benzene rings is 1. The van der Waals surface area contributed by atoms with Gasteiger partial charge in [0, 0.05) is 56.1 Å². The molecule has 3 N–H and O–H groups in total. The maximum atomic E-state index is 13.3. The summed E-state index contributed by atoms with van der Waals surface area (Å²) in [5.41, 5.74) is 0.802. The quantitative estimate of drug-likeness (QED) is 0.408. The number of hydrogen-bond donors (Lipinski definition) is 3. The monoisotopic (exact) mass is 553 g/mol. The molecule has 3 amide bonds. The summed E-state index contributed by atoms with van der Waals surface area (Å²) >= 11 is 5.88. The maximum absolute atomic E-state index is 13.3. The molecule has 206 valence electrons. The lowest BCUT2D eigenvalue weighted by molar-refractivity contribution is -0.139. The van der Waals surface area contributed by atoms with Crippen molar-refractivity contribution in [2.45, 2.75) is 25.7 Å². The van der Waals surface area contributed by atoms with Crippen LogP contribution in [0.15, 0.2) is 47.0 Å². The molecule has 1 saturated heterocycles. The molecule has 3 aromatic rings. The number of furan rings is 1. The molecule has 1 aromatic carbocycles. The molecule has 0 unspecified atom stereocenters. The van der Waals surface area contributed by atoms with Crippen LogP contribution in [0.1, 0.15) is 36.2 Å². The number of aliphatic hydroxyl groups excluding tert-OH is 1. The number of aromatic nitrogens is 1. The Balaban J connectivity index is 1.22. The lowest BCUT2D eigenvalue weighted by Gasteiger charge is -2.37. The number of fused-ring (bicyclic) bond motifs is 1. The molecule has 1 aliphatic heterocycles. The minimum atomic E-state index is -0.537. The minimum Gasteiger partial charge on any atom is -0.449 e. The number of hydrogen-bond acceptors (Lipinski definition) is 7. The smallest absolute Gasteiger partial charge is 0.294 e. The second-order valence-corrected chi connectivity index (χ2v) is 10.5. The summed E-state index contributed by atoms with van der Waals surface area (Å²) in [6.45, 7) is 3.64. The summed E-state index contributed by atoms with van der Waals surface area (Å²) in [5, 5.41) is 15.8. The highest BCUT2D eigenvalue weighted by atomic mass is 35.5. The molecule has 0 radical (unpaired) electrons. The lowest BCUT2D eigenvalue weighted by Crippen LogP contribution is -2.51. The van der Waals surface area contributed by atoms with Gasteiger partial charge in [-0.25, -0.2) is 4.98 Å². The fourth-order valence-corrected chi connectivity index (χ4v) is 5.48. The van der Waals surface area contributed by atoms with Gasteiger partial charge >= 0.3 is 0 Å². The van der Waals surface area contributed by atoms with Gasteiger partial charge in [-0.3, -0.25) is 19.3 Å². The number of nitrogens with one attached hydrogen (secondary N) is 2. The Hall–Kier alpha value is -3.47. The van der Waals surface area contributed by atoms with Crippen LogP contribution >= 0.6 is 11.6 Å². The number of carbonyl (C=O) groups is 3. The SMILES string of the molecule is O=C(Nc1ccc(Cl)cn1)c1oc2ccccc2c1NC(=O)[C@H]1CC[C@H](C(=O)N2CCN(CCO)CC2)CC1. The van der Waals surface area contributed by atoms with Crippen LogP contribution in [-0.2, 0) is 9.59 Å². The van der Waals surface area contributed by atoms with E-state index in [4.69, 9.17) is 21.1 Å². The summed E-state index contributed by atoms with van der Waals surface area (Å²) in [6.07, 6.45) is 3.92. The predicted molar refractivity (Wildman–Crippen MR) is 148 cm³/mol. The molecule has 1 aliphatic carbocycles. The van der Waals surface area contributed by atoms with Crippen LogP contribution in [0.5, 0.6) is 0 Å². The summed E-state index contributed by atoms with van der Waals surface area (Å²) in [5.74, 6) is -0.619. The molecule has 3 heterocycles. The van der Waals surface area contributed by atoms with Crippen LogP contribution in [0.3, 0.4) is 0 Å². The summed E-state index contributed by atoms with van der Waals surface area (Å²) in [7, 11) is 0. The standard InChI is InChI=1S/C28H32ClN5O5/c29-20-9-10-23(30-17-20)31-27(37)25-24(21-3-1-2-4-22(21)39-25)32-26(36)18-5-7-19(8-6-18)28(38)34-13-11-33(12-14-34)15-16-35/h1-4,9-10,17-19,35H,5-8,11-16H2,(H,32,36)(H,30,31,37)/t18-,19-. The molecule has 0 bridgehead atoms. The molecular weight excluding hydrogens is 522 g/mol. The molecule has 2 aliphatic rings. The van der Waals surface area contributed by atoms with Gasteiger partial charge in [0.25, 0.3) is 5.91 Å². The fraction of sp³-hybridized carbons (Fsp3) is 0.429. The maximum Gasteiger partial charge on any atom is 0.294 e. The van der Waals surface area contributed by atoms with Crippen molar-refractivity contribution in [1.82, 2.24) is 14.8 Å². The Morgan fingerprint density at radius 2 is 1.69 bits per heavy atom. The van der Waals surface area contributed by atoms with Crippen LogP contribution < -0.4 is 10.6 Å². The number of rotatable bonds is 7. The molecule has 5 rings (SSSR count). The van der Waals surface area contributed by atoms with E-state index in [2.05, 4.69) is 20.5 Å². The van der Waals surface area contributed by atoms with E-state index < -0.39 is 5.91 Å². The Morgan fingerprint density at radius 1 is 0.974 bits per heavy atom. The minimum absolute atomic E-state index is 0.00879. The van der Waals surface area contributed by atoms with Crippen molar-refractivity contribution in [1.29, 1.82) is 0 Å². The molecule has 0 spiro atoms.